The minimum Gasteiger partial charge on any atom is -0.336 e. The lowest BCUT2D eigenvalue weighted by Gasteiger charge is -2.34. The molecule has 0 spiro atoms. The Bertz CT molecular complexity index is 369. The molecule has 0 aliphatic heterocycles. The summed E-state index contributed by atoms with van der Waals surface area (Å²) in [6, 6.07) is 0.496. The first-order chi connectivity index (χ1) is 9.45. The van der Waals surface area contributed by atoms with Crippen molar-refractivity contribution in [3.05, 3.63) is 18.7 Å². The summed E-state index contributed by atoms with van der Waals surface area (Å²) in [5.41, 5.74) is 0.270. The van der Waals surface area contributed by atoms with Crippen LogP contribution in [0.2, 0.25) is 0 Å². The lowest BCUT2D eigenvalue weighted by molar-refractivity contribution is 0.210. The molecule has 1 fully saturated rings. The topological polar surface area (TPSA) is 29.9 Å². The van der Waals surface area contributed by atoms with Gasteiger partial charge < -0.3 is 9.88 Å². The van der Waals surface area contributed by atoms with Gasteiger partial charge in [-0.15, -0.1) is 0 Å². The van der Waals surface area contributed by atoms with Gasteiger partial charge in [-0.2, -0.15) is 0 Å². The van der Waals surface area contributed by atoms with Crippen LogP contribution in [0.5, 0.6) is 0 Å². The van der Waals surface area contributed by atoms with Crippen molar-refractivity contribution in [2.75, 3.05) is 6.54 Å². The van der Waals surface area contributed by atoms with Crippen LogP contribution >= 0.6 is 0 Å². The number of nitrogens with one attached hydrogen (secondary N) is 1. The van der Waals surface area contributed by atoms with E-state index in [1.807, 2.05) is 12.5 Å². The second-order valence-corrected chi connectivity index (χ2v) is 7.71. The van der Waals surface area contributed by atoms with Gasteiger partial charge in [0, 0.05) is 25.0 Å². The molecule has 1 aliphatic rings. The van der Waals surface area contributed by atoms with Gasteiger partial charge in [0.1, 0.15) is 0 Å². The maximum Gasteiger partial charge on any atom is 0.0946 e. The first kappa shape index (κ1) is 15.6. The lowest BCUT2D eigenvalue weighted by atomic mass is 9.82. The van der Waals surface area contributed by atoms with E-state index in [9.17, 15) is 0 Å². The molecule has 1 N–H and O–H groups in total. The van der Waals surface area contributed by atoms with Gasteiger partial charge in [0.25, 0.3) is 0 Å². The minimum atomic E-state index is 0.270. The first-order valence-corrected chi connectivity index (χ1v) is 8.14. The average molecular weight is 277 g/mol. The fraction of sp³-hybridized carbons (Fsp3) is 0.824. The quantitative estimate of drug-likeness (QED) is 0.889. The molecular weight excluding hydrogens is 246 g/mol. The predicted octanol–water partition coefficient (Wildman–Crippen LogP) is 3.71. The van der Waals surface area contributed by atoms with E-state index in [4.69, 9.17) is 0 Å². The van der Waals surface area contributed by atoms with Crippen LogP contribution in [0.3, 0.4) is 0 Å². The molecule has 1 aromatic rings. The summed E-state index contributed by atoms with van der Waals surface area (Å²) in [6.07, 6.45) is 11.5. The summed E-state index contributed by atoms with van der Waals surface area (Å²) >= 11 is 0. The molecule has 1 heterocycles. The molecule has 20 heavy (non-hydrogen) atoms. The van der Waals surface area contributed by atoms with Gasteiger partial charge in [0.15, 0.2) is 0 Å². The Morgan fingerprint density at radius 2 is 1.95 bits per heavy atom. The minimum absolute atomic E-state index is 0.270. The van der Waals surface area contributed by atoms with Gasteiger partial charge in [-0.1, -0.05) is 40.5 Å². The monoisotopic (exact) mass is 277 g/mol. The van der Waals surface area contributed by atoms with Crippen molar-refractivity contribution in [1.82, 2.24) is 14.9 Å². The molecule has 1 saturated carbocycles. The highest BCUT2D eigenvalue weighted by Crippen LogP contribution is 2.28. The summed E-state index contributed by atoms with van der Waals surface area (Å²) in [4.78, 5) is 4.15. The van der Waals surface area contributed by atoms with Crippen LogP contribution in [0.15, 0.2) is 18.7 Å². The van der Waals surface area contributed by atoms with Crippen LogP contribution in [0, 0.1) is 17.3 Å². The third-order valence-electron chi connectivity index (χ3n) is 4.79. The highest BCUT2D eigenvalue weighted by molar-refractivity contribution is 4.85. The van der Waals surface area contributed by atoms with Crippen LogP contribution < -0.4 is 5.32 Å². The summed E-state index contributed by atoms with van der Waals surface area (Å²) in [5.74, 6) is 1.81. The van der Waals surface area contributed by atoms with E-state index in [2.05, 4.69) is 48.8 Å². The number of nitrogens with zero attached hydrogens (tertiary/aromatic N) is 2. The van der Waals surface area contributed by atoms with Gasteiger partial charge in [0.05, 0.1) is 6.33 Å². The number of aromatic nitrogens is 2. The molecule has 0 aromatic carbocycles. The number of imidazole rings is 1. The molecule has 0 bridgehead atoms. The van der Waals surface area contributed by atoms with Gasteiger partial charge in [-0.05, 0) is 36.6 Å². The molecule has 3 heteroatoms. The Labute approximate surface area is 124 Å². The molecule has 1 unspecified atom stereocenters. The van der Waals surface area contributed by atoms with E-state index in [1.165, 1.54) is 32.2 Å². The van der Waals surface area contributed by atoms with Crippen LogP contribution in [0.1, 0.15) is 53.4 Å². The molecule has 2 rings (SSSR count). The predicted molar refractivity (Wildman–Crippen MR) is 84.6 cm³/mol. The first-order valence-electron chi connectivity index (χ1n) is 8.14. The molecule has 1 atom stereocenters. The van der Waals surface area contributed by atoms with Crippen molar-refractivity contribution in [2.24, 2.45) is 17.3 Å². The van der Waals surface area contributed by atoms with Gasteiger partial charge in [0.2, 0.25) is 0 Å². The maximum atomic E-state index is 4.15. The normalized spacial score (nSPS) is 25.6. The maximum absolute atomic E-state index is 4.15. The summed E-state index contributed by atoms with van der Waals surface area (Å²) in [7, 11) is 0. The third kappa shape index (κ3) is 4.62. The van der Waals surface area contributed by atoms with Gasteiger partial charge in [-0.25, -0.2) is 4.98 Å². The Kier molecular flexibility index (Phi) is 5.25. The second-order valence-electron chi connectivity index (χ2n) is 7.71. The van der Waals surface area contributed by atoms with Crippen LogP contribution in [0.4, 0.5) is 0 Å². The van der Waals surface area contributed by atoms with Crippen molar-refractivity contribution in [3.63, 3.8) is 0 Å². The molecule has 1 aromatic heterocycles. The van der Waals surface area contributed by atoms with Crippen LogP contribution in [-0.4, -0.2) is 22.1 Å². The standard InChI is InChI=1S/C17H31N3/c1-14-5-7-15(8-6-14)11-19-16(17(2,3)4)12-20-10-9-18-13-20/h9-10,13-16,19H,5-8,11-12H2,1-4H3. The Morgan fingerprint density at radius 1 is 1.25 bits per heavy atom. The Hall–Kier alpha value is -0.830. The molecule has 114 valence electrons. The van der Waals surface area contributed by atoms with Gasteiger partial charge in [-0.3, -0.25) is 0 Å². The van der Waals surface area contributed by atoms with E-state index < -0.39 is 0 Å². The van der Waals surface area contributed by atoms with Crippen molar-refractivity contribution < 1.29 is 0 Å². The van der Waals surface area contributed by atoms with Crippen molar-refractivity contribution in [3.8, 4) is 0 Å². The van der Waals surface area contributed by atoms with Gasteiger partial charge >= 0.3 is 0 Å². The summed E-state index contributed by atoms with van der Waals surface area (Å²) in [6.45, 7) is 11.5. The zero-order valence-corrected chi connectivity index (χ0v) is 13.6. The largest absolute Gasteiger partial charge is 0.336 e. The smallest absolute Gasteiger partial charge is 0.0946 e. The molecule has 0 radical (unpaired) electrons. The van der Waals surface area contributed by atoms with Crippen molar-refractivity contribution >= 4 is 0 Å². The van der Waals surface area contributed by atoms with Crippen LogP contribution in [0.25, 0.3) is 0 Å². The zero-order chi connectivity index (χ0) is 14.6. The number of hydrogen-bond donors (Lipinski definition) is 1. The Balaban J connectivity index is 1.85. The second kappa shape index (κ2) is 6.75. The third-order valence-corrected chi connectivity index (χ3v) is 4.79. The number of hydrogen-bond acceptors (Lipinski definition) is 2. The Morgan fingerprint density at radius 3 is 2.50 bits per heavy atom. The highest BCUT2D eigenvalue weighted by Gasteiger charge is 2.26. The van der Waals surface area contributed by atoms with E-state index in [0.29, 0.717) is 6.04 Å². The van der Waals surface area contributed by atoms with Crippen molar-refractivity contribution in [1.29, 1.82) is 0 Å². The van der Waals surface area contributed by atoms with E-state index in [1.54, 1.807) is 0 Å². The molecule has 0 amide bonds. The fourth-order valence-corrected chi connectivity index (χ4v) is 3.09. The highest BCUT2D eigenvalue weighted by atomic mass is 15.1. The van der Waals surface area contributed by atoms with E-state index in [-0.39, 0.29) is 5.41 Å². The summed E-state index contributed by atoms with van der Waals surface area (Å²) < 4.78 is 2.19. The van der Waals surface area contributed by atoms with E-state index >= 15 is 0 Å². The SMILES string of the molecule is CC1CCC(CNC(Cn2ccnc2)C(C)(C)C)CC1. The van der Waals surface area contributed by atoms with E-state index in [0.717, 1.165) is 18.4 Å². The number of rotatable bonds is 5. The fourth-order valence-electron chi connectivity index (χ4n) is 3.09. The average Bonchev–Trinajstić information content (AvgIpc) is 2.88. The molecular formula is C17H31N3. The lowest BCUT2D eigenvalue weighted by Crippen LogP contribution is -2.45. The zero-order valence-electron chi connectivity index (χ0n) is 13.6. The van der Waals surface area contributed by atoms with Crippen LogP contribution in [-0.2, 0) is 6.54 Å². The molecule has 1 aliphatic carbocycles. The summed E-state index contributed by atoms with van der Waals surface area (Å²) in [5, 5.41) is 3.83. The van der Waals surface area contributed by atoms with Crippen molar-refractivity contribution in [2.45, 2.75) is 66.0 Å². The molecule has 3 nitrogen and oxygen atoms in total. The molecule has 0 saturated heterocycles.